The predicted octanol–water partition coefficient (Wildman–Crippen LogP) is 6.78. The largest absolute Gasteiger partial charge is 0.478 e. The van der Waals surface area contributed by atoms with Gasteiger partial charge in [0.15, 0.2) is 4.96 Å². The number of imidazole rings is 1. The van der Waals surface area contributed by atoms with Crippen molar-refractivity contribution in [1.29, 1.82) is 0 Å². The number of rotatable bonds is 3. The maximum atomic E-state index is 15.3. The number of fused-ring (bicyclic) bond motifs is 3. The van der Waals surface area contributed by atoms with Gasteiger partial charge >= 0.3 is 12.1 Å². The van der Waals surface area contributed by atoms with Crippen molar-refractivity contribution >= 4 is 50.2 Å². The average Bonchev–Trinajstić information content (AvgIpc) is 3.46. The molecule has 0 bridgehead atoms. The number of nitrogens with zero attached hydrogens (tertiary/aromatic N) is 3. The third-order valence-corrected chi connectivity index (χ3v) is 7.28. The van der Waals surface area contributed by atoms with Crippen LogP contribution in [-0.2, 0) is 4.74 Å². The minimum atomic E-state index is -1.10. The lowest BCUT2D eigenvalue weighted by Gasteiger charge is -2.29. The Bertz CT molecular complexity index is 1490. The van der Waals surface area contributed by atoms with Gasteiger partial charge in [-0.25, -0.2) is 19.0 Å². The van der Waals surface area contributed by atoms with Gasteiger partial charge < -0.3 is 14.7 Å². The number of halogens is 2. The molecule has 5 rings (SSSR count). The summed E-state index contributed by atoms with van der Waals surface area (Å²) in [7, 11) is 0. The van der Waals surface area contributed by atoms with Crippen LogP contribution in [0.5, 0.6) is 0 Å². The van der Waals surface area contributed by atoms with E-state index in [2.05, 4.69) is 4.98 Å². The van der Waals surface area contributed by atoms with Gasteiger partial charge in [0.25, 0.3) is 0 Å². The number of aromatic nitrogens is 2. The predicted molar refractivity (Wildman–Crippen MR) is 133 cm³/mol. The van der Waals surface area contributed by atoms with Crippen LogP contribution in [0.15, 0.2) is 36.5 Å². The van der Waals surface area contributed by atoms with Crippen LogP contribution in [0.2, 0.25) is 5.02 Å². The minimum Gasteiger partial charge on any atom is -0.478 e. The third-order valence-electron chi connectivity index (χ3n) is 5.95. The van der Waals surface area contributed by atoms with Crippen molar-refractivity contribution in [3.63, 3.8) is 0 Å². The van der Waals surface area contributed by atoms with Crippen LogP contribution in [0.3, 0.4) is 0 Å². The number of carboxylic acids is 1. The van der Waals surface area contributed by atoms with Gasteiger partial charge in [-0.2, -0.15) is 0 Å². The Labute approximate surface area is 209 Å². The Morgan fingerprint density at radius 2 is 2.03 bits per heavy atom. The number of carbonyl (C=O) groups excluding carboxylic acids is 1. The third kappa shape index (κ3) is 4.34. The molecule has 2 aromatic heterocycles. The molecule has 1 N–H and O–H groups in total. The summed E-state index contributed by atoms with van der Waals surface area (Å²) in [4.78, 5) is 30.8. The Kier molecular flexibility index (Phi) is 5.72. The number of hydrogen-bond acceptors (Lipinski definition) is 5. The first-order chi connectivity index (χ1) is 16.5. The molecular formula is C25H23ClFN3O4S. The van der Waals surface area contributed by atoms with E-state index >= 15 is 4.39 Å². The number of benzene rings is 2. The Balaban J connectivity index is 1.46. The van der Waals surface area contributed by atoms with Crippen LogP contribution in [0, 0.1) is 5.82 Å². The van der Waals surface area contributed by atoms with Crippen LogP contribution >= 0.6 is 22.9 Å². The molecular weight excluding hydrogens is 493 g/mol. The quantitative estimate of drug-likeness (QED) is 0.325. The monoisotopic (exact) mass is 515 g/mol. The van der Waals surface area contributed by atoms with E-state index < -0.39 is 23.5 Å². The Morgan fingerprint density at radius 1 is 1.26 bits per heavy atom. The number of ether oxygens (including phenoxy) is 1. The molecule has 1 saturated heterocycles. The standard InChI is InChI=1S/C25H23ClFN3O4S/c1-25(2,3)34-24(33)29-8-4-5-19(29)13-6-7-14(17(27)9-13)18-12-30-20-11-16(26)15(22(31)32)10-21(20)35-23(30)28-18/h6-7,9-12,19H,4-5,8H2,1-3H3,(H,31,32). The van der Waals surface area contributed by atoms with Crippen molar-refractivity contribution in [3.8, 4) is 11.3 Å². The Morgan fingerprint density at radius 3 is 2.71 bits per heavy atom. The zero-order chi connectivity index (χ0) is 25.1. The normalized spacial score (nSPS) is 16.4. The van der Waals surface area contributed by atoms with Crippen LogP contribution in [0.25, 0.3) is 26.4 Å². The van der Waals surface area contributed by atoms with Crippen molar-refractivity contribution in [2.75, 3.05) is 6.54 Å². The maximum absolute atomic E-state index is 15.3. The van der Waals surface area contributed by atoms with E-state index in [1.165, 1.54) is 23.5 Å². The summed E-state index contributed by atoms with van der Waals surface area (Å²) in [6.45, 7) is 6.03. The summed E-state index contributed by atoms with van der Waals surface area (Å²) in [5.74, 6) is -1.53. The van der Waals surface area contributed by atoms with E-state index in [0.717, 1.165) is 17.5 Å². The molecule has 0 spiro atoms. The summed E-state index contributed by atoms with van der Waals surface area (Å²) in [6, 6.07) is 7.83. The van der Waals surface area contributed by atoms with Crippen molar-refractivity contribution in [2.45, 2.75) is 45.3 Å². The second kappa shape index (κ2) is 8.49. The number of aromatic carboxylic acids is 1. The number of carbonyl (C=O) groups is 2. The highest BCUT2D eigenvalue weighted by molar-refractivity contribution is 7.23. The number of thiazole rings is 1. The molecule has 0 saturated carbocycles. The van der Waals surface area contributed by atoms with Gasteiger partial charge in [0.2, 0.25) is 0 Å². The molecule has 0 aliphatic carbocycles. The molecule has 182 valence electrons. The second-order valence-corrected chi connectivity index (χ2v) is 11.0. The lowest BCUT2D eigenvalue weighted by atomic mass is 10.0. The topological polar surface area (TPSA) is 84.1 Å². The molecule has 10 heteroatoms. The van der Waals surface area contributed by atoms with Crippen molar-refractivity contribution in [3.05, 3.63) is 58.5 Å². The number of amides is 1. The first-order valence-corrected chi connectivity index (χ1v) is 12.3. The van der Waals surface area contributed by atoms with E-state index in [0.29, 0.717) is 33.8 Å². The summed E-state index contributed by atoms with van der Waals surface area (Å²) >= 11 is 7.45. The van der Waals surface area contributed by atoms with Gasteiger partial charge in [0, 0.05) is 18.3 Å². The van der Waals surface area contributed by atoms with Crippen LogP contribution in [0.1, 0.15) is 55.6 Å². The molecule has 1 aliphatic rings. The lowest BCUT2D eigenvalue weighted by Crippen LogP contribution is -2.36. The maximum Gasteiger partial charge on any atom is 0.410 e. The smallest absolute Gasteiger partial charge is 0.410 e. The molecule has 1 fully saturated rings. The fraction of sp³-hybridized carbons (Fsp3) is 0.320. The highest BCUT2D eigenvalue weighted by atomic mass is 35.5. The second-order valence-electron chi connectivity index (χ2n) is 9.56. The van der Waals surface area contributed by atoms with Gasteiger partial charge in [0.05, 0.1) is 32.5 Å². The molecule has 1 aliphatic heterocycles. The summed E-state index contributed by atoms with van der Waals surface area (Å²) in [6.07, 6.45) is 2.88. The number of carboxylic acid groups (broad SMARTS) is 1. The lowest BCUT2D eigenvalue weighted by molar-refractivity contribution is 0.0224. The number of likely N-dealkylation sites (tertiary alicyclic amines) is 1. The summed E-state index contributed by atoms with van der Waals surface area (Å²) < 4.78 is 23.3. The van der Waals surface area contributed by atoms with E-state index in [4.69, 9.17) is 16.3 Å². The molecule has 3 heterocycles. The SMILES string of the molecule is CC(C)(C)OC(=O)N1CCCC1c1ccc(-c2cn3c(n2)sc2cc(C(=O)O)c(Cl)cc23)c(F)c1. The molecule has 2 aromatic carbocycles. The zero-order valence-electron chi connectivity index (χ0n) is 19.3. The van der Waals surface area contributed by atoms with Crippen molar-refractivity contribution in [2.24, 2.45) is 0 Å². The summed E-state index contributed by atoms with van der Waals surface area (Å²) in [5, 5.41) is 9.43. The molecule has 4 aromatic rings. The van der Waals surface area contributed by atoms with Crippen LogP contribution in [0.4, 0.5) is 9.18 Å². The molecule has 1 amide bonds. The van der Waals surface area contributed by atoms with E-state index in [9.17, 15) is 14.7 Å². The van der Waals surface area contributed by atoms with E-state index in [-0.39, 0.29) is 16.6 Å². The zero-order valence-corrected chi connectivity index (χ0v) is 20.9. The van der Waals surface area contributed by atoms with E-state index in [1.54, 1.807) is 27.6 Å². The first-order valence-electron chi connectivity index (χ1n) is 11.2. The molecule has 1 atom stereocenters. The van der Waals surface area contributed by atoms with Gasteiger partial charge in [-0.3, -0.25) is 4.40 Å². The fourth-order valence-electron chi connectivity index (χ4n) is 4.41. The van der Waals surface area contributed by atoms with Gasteiger partial charge in [-0.05, 0) is 63.4 Å². The van der Waals surface area contributed by atoms with Crippen LogP contribution < -0.4 is 0 Å². The highest BCUT2D eigenvalue weighted by Crippen LogP contribution is 2.37. The molecule has 0 radical (unpaired) electrons. The summed E-state index contributed by atoms with van der Waals surface area (Å²) in [5.41, 5.74) is 1.64. The highest BCUT2D eigenvalue weighted by Gasteiger charge is 2.33. The van der Waals surface area contributed by atoms with Crippen molar-refractivity contribution in [1.82, 2.24) is 14.3 Å². The van der Waals surface area contributed by atoms with Gasteiger partial charge in [0.1, 0.15) is 11.4 Å². The Hall–Kier alpha value is -3.17. The molecule has 7 nitrogen and oxygen atoms in total. The number of hydrogen-bond donors (Lipinski definition) is 1. The first kappa shape index (κ1) is 23.6. The van der Waals surface area contributed by atoms with Gasteiger partial charge in [-0.1, -0.05) is 29.0 Å². The fourth-order valence-corrected chi connectivity index (χ4v) is 5.68. The minimum absolute atomic E-state index is 0.0258. The van der Waals surface area contributed by atoms with Gasteiger partial charge in [-0.15, -0.1) is 0 Å². The van der Waals surface area contributed by atoms with E-state index in [1.807, 2.05) is 26.8 Å². The van der Waals surface area contributed by atoms with Crippen LogP contribution in [-0.4, -0.2) is 43.6 Å². The van der Waals surface area contributed by atoms with Crippen molar-refractivity contribution < 1.29 is 23.8 Å². The molecule has 1 unspecified atom stereocenters. The average molecular weight is 516 g/mol. The molecule has 35 heavy (non-hydrogen) atoms.